The largest absolute Gasteiger partial charge is 0.332 e. The van der Waals surface area contributed by atoms with Crippen LogP contribution < -0.4 is 16.6 Å². The van der Waals surface area contributed by atoms with Crippen LogP contribution in [-0.2, 0) is 18.9 Å². The maximum atomic E-state index is 13.1. The van der Waals surface area contributed by atoms with Crippen molar-refractivity contribution < 1.29 is 9.59 Å². The van der Waals surface area contributed by atoms with Crippen molar-refractivity contribution in [2.24, 2.45) is 14.1 Å². The third kappa shape index (κ3) is 4.40. The van der Waals surface area contributed by atoms with E-state index in [9.17, 15) is 19.2 Å². The zero-order valence-corrected chi connectivity index (χ0v) is 18.0. The summed E-state index contributed by atoms with van der Waals surface area (Å²) in [5.41, 5.74) is 0.964. The van der Waals surface area contributed by atoms with Gasteiger partial charge < -0.3 is 10.2 Å². The predicted octanol–water partition coefficient (Wildman–Crippen LogP) is 1.43. The minimum absolute atomic E-state index is 0.135. The minimum atomic E-state index is -0.528. The van der Waals surface area contributed by atoms with E-state index in [-0.39, 0.29) is 29.0 Å². The summed E-state index contributed by atoms with van der Waals surface area (Å²) in [6.45, 7) is 4.02. The smallest absolute Gasteiger partial charge is 0.329 e. The first kappa shape index (κ1) is 21.9. The molecule has 3 aromatic rings. The lowest BCUT2D eigenvalue weighted by Gasteiger charge is -2.22. The van der Waals surface area contributed by atoms with Crippen molar-refractivity contribution in [3.05, 3.63) is 68.5 Å². The van der Waals surface area contributed by atoms with Crippen molar-refractivity contribution in [3.8, 4) is 0 Å². The molecule has 2 aromatic heterocycles. The highest BCUT2D eigenvalue weighted by molar-refractivity contribution is 6.00. The second-order valence-electron chi connectivity index (χ2n) is 7.39. The van der Waals surface area contributed by atoms with Gasteiger partial charge in [0, 0.05) is 32.5 Å². The Hall–Kier alpha value is -3.75. The van der Waals surface area contributed by atoms with Gasteiger partial charge in [0.2, 0.25) is 5.91 Å². The summed E-state index contributed by atoms with van der Waals surface area (Å²) >= 11 is 0. The zero-order chi connectivity index (χ0) is 22.7. The van der Waals surface area contributed by atoms with Crippen LogP contribution in [0.1, 0.15) is 29.3 Å². The van der Waals surface area contributed by atoms with Gasteiger partial charge in [-0.1, -0.05) is 25.1 Å². The summed E-state index contributed by atoms with van der Waals surface area (Å²) in [5.74, 6) is -0.727. The van der Waals surface area contributed by atoms with E-state index in [1.165, 1.54) is 35.8 Å². The van der Waals surface area contributed by atoms with Gasteiger partial charge in [-0.15, -0.1) is 0 Å². The molecule has 1 aromatic carbocycles. The van der Waals surface area contributed by atoms with Crippen molar-refractivity contribution in [2.45, 2.75) is 20.3 Å². The van der Waals surface area contributed by atoms with Crippen LogP contribution >= 0.6 is 0 Å². The molecule has 1 N–H and O–H groups in total. The molecule has 0 bridgehead atoms. The van der Waals surface area contributed by atoms with Gasteiger partial charge in [0.1, 0.15) is 12.2 Å². The Morgan fingerprint density at radius 2 is 1.84 bits per heavy atom. The third-order valence-corrected chi connectivity index (χ3v) is 5.07. The number of amides is 2. The zero-order valence-electron chi connectivity index (χ0n) is 18.0. The highest BCUT2D eigenvalue weighted by Gasteiger charge is 2.21. The Kier molecular flexibility index (Phi) is 6.33. The van der Waals surface area contributed by atoms with Gasteiger partial charge in [-0.05, 0) is 31.0 Å². The summed E-state index contributed by atoms with van der Waals surface area (Å²) in [4.78, 5) is 55.8. The lowest BCUT2D eigenvalue weighted by atomic mass is 10.2. The average molecular weight is 423 g/mol. The van der Waals surface area contributed by atoms with E-state index in [4.69, 9.17) is 0 Å². The molecule has 31 heavy (non-hydrogen) atoms. The summed E-state index contributed by atoms with van der Waals surface area (Å²) < 4.78 is 2.22. The van der Waals surface area contributed by atoms with Crippen molar-refractivity contribution >= 4 is 28.5 Å². The van der Waals surface area contributed by atoms with Gasteiger partial charge in [0.15, 0.2) is 0 Å². The van der Waals surface area contributed by atoms with Gasteiger partial charge in [-0.2, -0.15) is 0 Å². The number of hydrogen-bond acceptors (Lipinski definition) is 5. The molecule has 9 heteroatoms. The Labute approximate surface area is 178 Å². The Bertz CT molecular complexity index is 1280. The number of aromatic nitrogens is 3. The first-order valence-electron chi connectivity index (χ1n) is 9.95. The predicted molar refractivity (Wildman–Crippen MR) is 118 cm³/mol. The van der Waals surface area contributed by atoms with Crippen LogP contribution in [0.3, 0.4) is 0 Å². The molecule has 0 aliphatic rings. The molecule has 0 aliphatic carbocycles. The first-order valence-corrected chi connectivity index (χ1v) is 9.95. The quantitative estimate of drug-likeness (QED) is 0.646. The molecule has 0 fully saturated rings. The summed E-state index contributed by atoms with van der Waals surface area (Å²) in [6.07, 6.45) is 1.98. The molecular formula is C22H25N5O4. The molecular weight excluding hydrogens is 398 g/mol. The molecule has 2 amide bonds. The van der Waals surface area contributed by atoms with Gasteiger partial charge in [0.25, 0.3) is 11.5 Å². The Morgan fingerprint density at radius 1 is 1.13 bits per heavy atom. The number of carbonyl (C=O) groups excluding carboxylic acids is 2. The number of carbonyl (C=O) groups is 2. The number of nitrogens with zero attached hydrogens (tertiary/aromatic N) is 4. The van der Waals surface area contributed by atoms with Crippen LogP contribution in [0.4, 0.5) is 5.69 Å². The maximum Gasteiger partial charge on any atom is 0.332 e. The topological polar surface area (TPSA) is 106 Å². The van der Waals surface area contributed by atoms with E-state index in [1.54, 1.807) is 6.07 Å². The highest BCUT2D eigenvalue weighted by atomic mass is 16.2. The fourth-order valence-corrected chi connectivity index (χ4v) is 3.36. The van der Waals surface area contributed by atoms with E-state index < -0.39 is 17.2 Å². The third-order valence-electron chi connectivity index (χ3n) is 5.07. The first-order chi connectivity index (χ1) is 14.7. The summed E-state index contributed by atoms with van der Waals surface area (Å²) in [5, 5.41) is 2.99. The van der Waals surface area contributed by atoms with E-state index >= 15 is 0 Å². The number of anilines is 1. The molecule has 0 unspecified atom stereocenters. The van der Waals surface area contributed by atoms with E-state index in [2.05, 4.69) is 10.3 Å². The average Bonchev–Trinajstić information content (AvgIpc) is 2.76. The molecule has 0 spiro atoms. The van der Waals surface area contributed by atoms with Crippen LogP contribution in [-0.4, -0.2) is 43.9 Å². The number of aryl methyl sites for hydroxylation is 2. The normalized spacial score (nSPS) is 10.8. The van der Waals surface area contributed by atoms with Crippen LogP contribution in [0.15, 0.2) is 46.1 Å². The maximum absolute atomic E-state index is 13.1. The number of nitrogens with one attached hydrogen (secondary N) is 1. The monoisotopic (exact) mass is 423 g/mol. The Morgan fingerprint density at radius 3 is 2.52 bits per heavy atom. The lowest BCUT2D eigenvalue weighted by Crippen LogP contribution is -2.39. The number of benzene rings is 1. The molecule has 3 rings (SSSR count). The number of hydrogen-bond donors (Lipinski definition) is 1. The molecule has 0 atom stereocenters. The van der Waals surface area contributed by atoms with Gasteiger partial charge in [0.05, 0.1) is 10.9 Å². The summed E-state index contributed by atoms with van der Waals surface area (Å²) in [6, 6.07) is 8.82. The van der Waals surface area contributed by atoms with Crippen LogP contribution in [0, 0.1) is 6.92 Å². The van der Waals surface area contributed by atoms with Gasteiger partial charge in [-0.25, -0.2) is 9.78 Å². The number of fused-ring (bicyclic) bond motifs is 1. The molecule has 0 aliphatic heterocycles. The van der Waals surface area contributed by atoms with Crippen LogP contribution in [0.25, 0.3) is 11.0 Å². The summed E-state index contributed by atoms with van der Waals surface area (Å²) in [7, 11) is 2.88. The van der Waals surface area contributed by atoms with Crippen LogP contribution in [0.5, 0.6) is 0 Å². The SMILES string of the molecule is CCCN(CC(=O)Nc1ccccc1C)C(=O)c1cnc2c(c1)c(=O)n(C)c(=O)n2C. The van der Waals surface area contributed by atoms with Crippen LogP contribution in [0.2, 0.25) is 0 Å². The second-order valence-corrected chi connectivity index (χ2v) is 7.39. The standard InChI is InChI=1S/C22H25N5O4/c1-5-10-27(13-18(28)24-17-9-7-6-8-14(17)2)20(29)15-11-16-19(23-12-15)25(3)22(31)26(4)21(16)30/h6-9,11-12H,5,10,13H2,1-4H3,(H,24,28). The highest BCUT2D eigenvalue weighted by Crippen LogP contribution is 2.14. The molecule has 0 saturated carbocycles. The van der Waals surface area contributed by atoms with Crippen molar-refractivity contribution in [3.63, 3.8) is 0 Å². The van der Waals surface area contributed by atoms with Gasteiger partial charge in [-0.3, -0.25) is 23.5 Å². The van der Waals surface area contributed by atoms with E-state index in [1.807, 2.05) is 32.0 Å². The number of pyridine rings is 1. The van der Waals surface area contributed by atoms with Gasteiger partial charge >= 0.3 is 5.69 Å². The second kappa shape index (κ2) is 8.95. The van der Waals surface area contributed by atoms with Crippen molar-refractivity contribution in [1.82, 2.24) is 19.0 Å². The lowest BCUT2D eigenvalue weighted by molar-refractivity contribution is -0.116. The minimum Gasteiger partial charge on any atom is -0.329 e. The fraction of sp³-hybridized carbons (Fsp3) is 0.318. The fourth-order valence-electron chi connectivity index (χ4n) is 3.36. The molecule has 0 radical (unpaired) electrons. The number of para-hydroxylation sites is 1. The van der Waals surface area contributed by atoms with Crippen molar-refractivity contribution in [1.29, 1.82) is 0 Å². The number of rotatable bonds is 6. The van der Waals surface area contributed by atoms with E-state index in [0.29, 0.717) is 18.7 Å². The Balaban J connectivity index is 1.90. The van der Waals surface area contributed by atoms with E-state index in [0.717, 1.165) is 10.1 Å². The molecule has 162 valence electrons. The molecule has 2 heterocycles. The molecule has 0 saturated heterocycles. The molecule has 9 nitrogen and oxygen atoms in total. The van der Waals surface area contributed by atoms with Crippen molar-refractivity contribution in [2.75, 3.05) is 18.4 Å².